The molecule has 3 N–H and O–H groups in total. The lowest BCUT2D eigenvalue weighted by Crippen LogP contribution is -2.49. The summed E-state index contributed by atoms with van der Waals surface area (Å²) >= 11 is 0. The number of rotatable bonds is 4. The molecule has 5 heteroatoms. The molecule has 1 unspecified atom stereocenters. The van der Waals surface area contributed by atoms with Gasteiger partial charge in [0.25, 0.3) is 0 Å². The number of nitrogens with one attached hydrogen (secondary N) is 1. The smallest absolute Gasteiger partial charge is 0.208 e. The number of methoxy groups -OCH3 is 1. The van der Waals surface area contributed by atoms with Gasteiger partial charge in [-0.05, 0) is 31.6 Å². The van der Waals surface area contributed by atoms with Crippen molar-refractivity contribution in [2.75, 3.05) is 26.8 Å². The molecule has 1 saturated carbocycles. The van der Waals surface area contributed by atoms with Crippen LogP contribution in [0.5, 0.6) is 0 Å². The minimum Gasteiger partial charge on any atom is -0.383 e. The van der Waals surface area contributed by atoms with E-state index in [-0.39, 0.29) is 0 Å². The van der Waals surface area contributed by atoms with Crippen LogP contribution >= 0.6 is 0 Å². The second kappa shape index (κ2) is 6.95. The molecule has 18 heavy (non-hydrogen) atoms. The van der Waals surface area contributed by atoms with Crippen LogP contribution in [0.25, 0.3) is 0 Å². The highest BCUT2D eigenvalue weighted by atomic mass is 16.5. The summed E-state index contributed by atoms with van der Waals surface area (Å²) in [5.74, 6) is 7.32. The van der Waals surface area contributed by atoms with Crippen LogP contribution in [0.4, 0.5) is 0 Å². The van der Waals surface area contributed by atoms with Crippen LogP contribution < -0.4 is 11.3 Å². The average molecular weight is 254 g/mol. The number of guanidine groups is 1. The van der Waals surface area contributed by atoms with E-state index in [2.05, 4.69) is 15.3 Å². The van der Waals surface area contributed by atoms with Crippen molar-refractivity contribution in [2.45, 2.75) is 44.6 Å². The van der Waals surface area contributed by atoms with Crippen LogP contribution in [0.1, 0.15) is 38.5 Å². The molecule has 2 rings (SSSR count). The summed E-state index contributed by atoms with van der Waals surface area (Å²) in [7, 11) is 1.70. The van der Waals surface area contributed by atoms with Crippen molar-refractivity contribution in [3.8, 4) is 0 Å². The van der Waals surface area contributed by atoms with Gasteiger partial charge in [0.15, 0.2) is 0 Å². The summed E-state index contributed by atoms with van der Waals surface area (Å²) in [6, 6.07) is 0.643. The molecule has 0 amide bonds. The third-order valence-electron chi connectivity index (χ3n) is 4.20. The molecule has 0 radical (unpaired) electrons. The van der Waals surface area contributed by atoms with E-state index >= 15 is 0 Å². The van der Waals surface area contributed by atoms with Crippen molar-refractivity contribution >= 4 is 5.96 Å². The Kier molecular flexibility index (Phi) is 5.26. The first kappa shape index (κ1) is 13.6. The lowest BCUT2D eigenvalue weighted by molar-refractivity contribution is 0.206. The van der Waals surface area contributed by atoms with E-state index in [0.29, 0.717) is 19.2 Å². The van der Waals surface area contributed by atoms with Gasteiger partial charge in [0.05, 0.1) is 13.2 Å². The lowest BCUT2D eigenvalue weighted by Gasteiger charge is -2.31. The summed E-state index contributed by atoms with van der Waals surface area (Å²) in [6.07, 6.45) is 8.07. The first-order valence-electron chi connectivity index (χ1n) is 7.13. The maximum Gasteiger partial charge on any atom is 0.208 e. The summed E-state index contributed by atoms with van der Waals surface area (Å²) < 4.78 is 5.03. The Morgan fingerprint density at radius 3 is 2.78 bits per heavy atom. The van der Waals surface area contributed by atoms with Crippen molar-refractivity contribution in [1.29, 1.82) is 0 Å². The third-order valence-corrected chi connectivity index (χ3v) is 4.20. The van der Waals surface area contributed by atoms with E-state index in [1.54, 1.807) is 7.11 Å². The number of nitrogens with two attached hydrogens (primary N) is 1. The van der Waals surface area contributed by atoms with Crippen molar-refractivity contribution < 1.29 is 4.74 Å². The van der Waals surface area contributed by atoms with Crippen LogP contribution in [0.3, 0.4) is 0 Å². The Morgan fingerprint density at radius 1 is 1.33 bits per heavy atom. The zero-order valence-electron chi connectivity index (χ0n) is 11.4. The first-order chi connectivity index (χ1) is 8.86. The zero-order valence-corrected chi connectivity index (χ0v) is 11.4. The topological polar surface area (TPSA) is 62.9 Å². The minimum atomic E-state index is 0.643. The fourth-order valence-corrected chi connectivity index (χ4v) is 3.35. The molecule has 0 spiro atoms. The Morgan fingerprint density at radius 2 is 2.11 bits per heavy atom. The fraction of sp³-hybridized carbons (Fsp3) is 0.923. The molecule has 0 aromatic carbocycles. The molecular formula is C13H26N4O. The number of aliphatic imine (C=N–C) groups is 1. The van der Waals surface area contributed by atoms with Crippen LogP contribution in [-0.4, -0.2) is 43.7 Å². The molecule has 0 bridgehead atoms. The molecule has 104 valence electrons. The molecule has 0 aromatic rings. The minimum absolute atomic E-state index is 0.643. The monoisotopic (exact) mass is 254 g/mol. The molecule has 2 aliphatic rings. The second-order valence-corrected chi connectivity index (χ2v) is 5.29. The highest BCUT2D eigenvalue weighted by Crippen LogP contribution is 2.35. The molecule has 1 saturated heterocycles. The van der Waals surface area contributed by atoms with Gasteiger partial charge in [0.1, 0.15) is 0 Å². The molecule has 1 aliphatic heterocycles. The standard InChI is InChI=1S/C13H26N4O/c1-18-10-8-15-13(16-14)17-9-4-7-12(17)11-5-2-3-6-11/h11-12H,2-10,14H2,1H3,(H,15,16). The highest BCUT2D eigenvalue weighted by molar-refractivity contribution is 5.80. The zero-order chi connectivity index (χ0) is 12.8. The molecule has 1 aliphatic carbocycles. The molecule has 0 aromatic heterocycles. The van der Waals surface area contributed by atoms with Crippen LogP contribution in [-0.2, 0) is 4.74 Å². The quantitative estimate of drug-likeness (QED) is 0.259. The van der Waals surface area contributed by atoms with Crippen LogP contribution in [0.2, 0.25) is 0 Å². The number of likely N-dealkylation sites (tertiary alicyclic amines) is 1. The van der Waals surface area contributed by atoms with Gasteiger partial charge in [-0.2, -0.15) is 0 Å². The maximum absolute atomic E-state index is 5.63. The second-order valence-electron chi connectivity index (χ2n) is 5.29. The maximum atomic E-state index is 5.63. The van der Waals surface area contributed by atoms with Gasteiger partial charge in [-0.15, -0.1) is 0 Å². The Balaban J connectivity index is 1.97. The van der Waals surface area contributed by atoms with Crippen molar-refractivity contribution in [3.05, 3.63) is 0 Å². The van der Waals surface area contributed by atoms with Gasteiger partial charge in [0, 0.05) is 19.7 Å². The van der Waals surface area contributed by atoms with Crippen molar-refractivity contribution in [2.24, 2.45) is 16.8 Å². The summed E-state index contributed by atoms with van der Waals surface area (Å²) in [5, 5.41) is 0. The first-order valence-corrected chi connectivity index (χ1v) is 7.13. The van der Waals surface area contributed by atoms with Gasteiger partial charge >= 0.3 is 0 Å². The van der Waals surface area contributed by atoms with Crippen LogP contribution in [0, 0.1) is 5.92 Å². The van der Waals surface area contributed by atoms with Crippen molar-refractivity contribution in [1.82, 2.24) is 10.3 Å². The summed E-state index contributed by atoms with van der Waals surface area (Å²) in [5.41, 5.74) is 2.78. The Labute approximate surface area is 110 Å². The SMILES string of the molecule is COCCN=C(NN)N1CCCC1C1CCCC1. The van der Waals surface area contributed by atoms with E-state index in [1.165, 1.54) is 38.5 Å². The van der Waals surface area contributed by atoms with E-state index in [9.17, 15) is 0 Å². The molecule has 2 fully saturated rings. The number of nitrogens with zero attached hydrogens (tertiary/aromatic N) is 2. The average Bonchev–Trinajstić information content (AvgIpc) is 3.04. The molecule has 1 atom stereocenters. The van der Waals surface area contributed by atoms with E-state index < -0.39 is 0 Å². The predicted molar refractivity (Wildman–Crippen MR) is 73.2 cm³/mol. The molecule has 1 heterocycles. The Hall–Kier alpha value is -0.810. The normalized spacial score (nSPS) is 26.0. The van der Waals surface area contributed by atoms with E-state index in [4.69, 9.17) is 10.6 Å². The fourth-order valence-electron chi connectivity index (χ4n) is 3.35. The van der Waals surface area contributed by atoms with Crippen LogP contribution in [0.15, 0.2) is 4.99 Å². The number of hydrogen-bond donors (Lipinski definition) is 2. The molecule has 5 nitrogen and oxygen atoms in total. The Bertz CT molecular complexity index is 276. The van der Waals surface area contributed by atoms with Gasteiger partial charge in [-0.25, -0.2) is 10.8 Å². The van der Waals surface area contributed by atoms with Crippen molar-refractivity contribution in [3.63, 3.8) is 0 Å². The summed E-state index contributed by atoms with van der Waals surface area (Å²) in [6.45, 7) is 2.40. The predicted octanol–water partition coefficient (Wildman–Crippen LogP) is 1.11. The highest BCUT2D eigenvalue weighted by Gasteiger charge is 2.34. The number of hydrazine groups is 1. The summed E-state index contributed by atoms with van der Waals surface area (Å²) in [4.78, 5) is 6.90. The third kappa shape index (κ3) is 3.14. The van der Waals surface area contributed by atoms with E-state index in [0.717, 1.165) is 18.4 Å². The number of hydrogen-bond acceptors (Lipinski definition) is 3. The van der Waals surface area contributed by atoms with Gasteiger partial charge < -0.3 is 9.64 Å². The molecular weight excluding hydrogens is 228 g/mol. The van der Waals surface area contributed by atoms with E-state index in [1.807, 2.05) is 0 Å². The van der Waals surface area contributed by atoms with Gasteiger partial charge in [-0.3, -0.25) is 5.43 Å². The lowest BCUT2D eigenvalue weighted by atomic mass is 9.96. The van der Waals surface area contributed by atoms with Gasteiger partial charge in [0.2, 0.25) is 5.96 Å². The van der Waals surface area contributed by atoms with Gasteiger partial charge in [-0.1, -0.05) is 12.8 Å². The largest absolute Gasteiger partial charge is 0.383 e. The number of ether oxygens (including phenoxy) is 1.